The number of hydrogen-bond donors (Lipinski definition) is 0. The molecule has 0 aromatic heterocycles. The third-order valence-corrected chi connectivity index (χ3v) is 2.21. The van der Waals surface area contributed by atoms with Crippen molar-refractivity contribution in [3.63, 3.8) is 0 Å². The van der Waals surface area contributed by atoms with Crippen molar-refractivity contribution < 1.29 is 0 Å². The normalized spacial score (nSPS) is 11.5. The summed E-state index contributed by atoms with van der Waals surface area (Å²) in [5, 5.41) is 0. The van der Waals surface area contributed by atoms with E-state index in [2.05, 4.69) is 58.0 Å². The molecule has 0 N–H and O–H groups in total. The largest absolute Gasteiger partial charge is 0.0871 e. The van der Waals surface area contributed by atoms with Gasteiger partial charge in [-0.3, -0.25) is 0 Å². The van der Waals surface area contributed by atoms with E-state index in [1.165, 1.54) is 16.7 Å². The van der Waals surface area contributed by atoms with Gasteiger partial charge in [0.2, 0.25) is 0 Å². The van der Waals surface area contributed by atoms with Crippen LogP contribution in [-0.4, -0.2) is 0 Å². The summed E-state index contributed by atoms with van der Waals surface area (Å²) in [7, 11) is 0. The second kappa shape index (κ2) is 4.27. The highest BCUT2D eigenvalue weighted by atomic mass is 14.1. The van der Waals surface area contributed by atoms with Crippen LogP contribution in [0.3, 0.4) is 0 Å². The monoisotopic (exact) mass is 174 g/mol. The molecule has 13 heavy (non-hydrogen) atoms. The summed E-state index contributed by atoms with van der Waals surface area (Å²) in [5.41, 5.74) is 4.12. The molecule has 0 nitrogen and oxygen atoms in total. The van der Waals surface area contributed by atoms with E-state index in [-0.39, 0.29) is 0 Å². The van der Waals surface area contributed by atoms with Crippen LogP contribution in [0.25, 0.3) is 6.08 Å². The van der Waals surface area contributed by atoms with Crippen molar-refractivity contribution in [2.75, 3.05) is 0 Å². The lowest BCUT2D eigenvalue weighted by Gasteiger charge is -2.10. The van der Waals surface area contributed by atoms with Gasteiger partial charge in [0.25, 0.3) is 0 Å². The molecule has 1 aromatic carbocycles. The summed E-state index contributed by atoms with van der Waals surface area (Å²) in [4.78, 5) is 0. The Morgan fingerprint density at radius 3 is 2.46 bits per heavy atom. The molecule has 0 spiro atoms. The van der Waals surface area contributed by atoms with Gasteiger partial charge in [0.1, 0.15) is 0 Å². The summed E-state index contributed by atoms with van der Waals surface area (Å²) in [5.74, 6) is 0.604. The van der Waals surface area contributed by atoms with E-state index in [4.69, 9.17) is 0 Å². The molecule has 1 aromatic rings. The van der Waals surface area contributed by atoms with Crippen LogP contribution in [0.4, 0.5) is 0 Å². The van der Waals surface area contributed by atoms with Crippen LogP contribution in [-0.2, 0) is 0 Å². The van der Waals surface area contributed by atoms with Crippen LogP contribution in [0.5, 0.6) is 0 Å². The topological polar surface area (TPSA) is 0 Å². The molecular formula is C13H18. The third kappa shape index (κ3) is 2.45. The lowest BCUT2D eigenvalue weighted by Crippen LogP contribution is -1.92. The fourth-order valence-corrected chi connectivity index (χ4v) is 1.54. The summed E-state index contributed by atoms with van der Waals surface area (Å²) in [6.45, 7) is 8.67. The zero-order chi connectivity index (χ0) is 9.84. The second-order valence-electron chi connectivity index (χ2n) is 3.79. The minimum absolute atomic E-state index is 0.604. The van der Waals surface area contributed by atoms with Crippen molar-refractivity contribution in [1.82, 2.24) is 0 Å². The van der Waals surface area contributed by atoms with Crippen molar-refractivity contribution in [2.24, 2.45) is 0 Å². The van der Waals surface area contributed by atoms with Gasteiger partial charge >= 0.3 is 0 Å². The van der Waals surface area contributed by atoms with Gasteiger partial charge in [-0.05, 0) is 30.9 Å². The highest BCUT2D eigenvalue weighted by molar-refractivity contribution is 5.55. The molecule has 0 fully saturated rings. The van der Waals surface area contributed by atoms with E-state index in [1.807, 2.05) is 0 Å². The van der Waals surface area contributed by atoms with E-state index in [9.17, 15) is 0 Å². The lowest BCUT2D eigenvalue weighted by atomic mass is 9.95. The number of hydrogen-bond acceptors (Lipinski definition) is 0. The third-order valence-electron chi connectivity index (χ3n) is 2.21. The first-order valence-corrected chi connectivity index (χ1v) is 4.88. The average Bonchev–Trinajstić information content (AvgIpc) is 2.04. The minimum atomic E-state index is 0.604. The number of benzene rings is 1. The molecular weight excluding hydrogens is 156 g/mol. The van der Waals surface area contributed by atoms with E-state index in [0.717, 1.165) is 0 Å². The molecule has 70 valence electrons. The van der Waals surface area contributed by atoms with Crippen LogP contribution >= 0.6 is 0 Å². The fraction of sp³-hybridized carbons (Fsp3) is 0.385. The molecule has 0 heteroatoms. The van der Waals surface area contributed by atoms with Crippen LogP contribution in [0, 0.1) is 6.92 Å². The molecule has 0 heterocycles. The van der Waals surface area contributed by atoms with E-state index in [1.54, 1.807) is 0 Å². The molecule has 0 bridgehead atoms. The Morgan fingerprint density at radius 1 is 1.23 bits per heavy atom. The first-order chi connectivity index (χ1) is 6.15. The second-order valence-corrected chi connectivity index (χ2v) is 3.79. The van der Waals surface area contributed by atoms with E-state index in [0.29, 0.717) is 5.92 Å². The Labute approximate surface area is 81.3 Å². The van der Waals surface area contributed by atoms with Crippen LogP contribution < -0.4 is 0 Å². The van der Waals surface area contributed by atoms with Gasteiger partial charge in [0.15, 0.2) is 0 Å². The molecule has 0 aliphatic carbocycles. The van der Waals surface area contributed by atoms with E-state index < -0.39 is 0 Å². The highest BCUT2D eigenvalue weighted by Gasteiger charge is 2.03. The predicted octanol–water partition coefficient (Wildman–Crippen LogP) is 4.15. The molecule has 0 atom stereocenters. The maximum Gasteiger partial charge on any atom is -0.0213 e. The van der Waals surface area contributed by atoms with Crippen molar-refractivity contribution in [2.45, 2.75) is 33.6 Å². The van der Waals surface area contributed by atoms with Crippen molar-refractivity contribution in [3.05, 3.63) is 41.0 Å². The summed E-state index contributed by atoms with van der Waals surface area (Å²) in [6.07, 6.45) is 4.28. The Balaban J connectivity index is 3.18. The van der Waals surface area contributed by atoms with Gasteiger partial charge < -0.3 is 0 Å². The Kier molecular flexibility index (Phi) is 3.30. The molecule has 0 unspecified atom stereocenters. The van der Waals surface area contributed by atoms with Gasteiger partial charge in [0.05, 0.1) is 0 Å². The predicted molar refractivity (Wildman–Crippen MR) is 60.0 cm³/mol. The number of rotatable bonds is 2. The molecule has 0 saturated heterocycles. The van der Waals surface area contributed by atoms with Crippen molar-refractivity contribution >= 4 is 6.08 Å². The summed E-state index contributed by atoms with van der Waals surface area (Å²) >= 11 is 0. The number of allylic oxidation sites excluding steroid dienone is 1. The Bertz CT molecular complexity index is 306. The maximum atomic E-state index is 2.25. The average molecular weight is 174 g/mol. The Hall–Kier alpha value is -1.04. The lowest BCUT2D eigenvalue weighted by molar-refractivity contribution is 0.863. The van der Waals surface area contributed by atoms with Crippen molar-refractivity contribution in [3.8, 4) is 0 Å². The SMILES string of the molecule is C/C=C/c1cc(C)ccc1C(C)C. The zero-order valence-electron chi connectivity index (χ0n) is 8.96. The van der Waals surface area contributed by atoms with Crippen LogP contribution in [0.15, 0.2) is 24.3 Å². The van der Waals surface area contributed by atoms with Gasteiger partial charge in [-0.2, -0.15) is 0 Å². The molecule has 0 aliphatic rings. The standard InChI is InChI=1S/C13H18/c1-5-6-12-9-11(4)7-8-13(12)10(2)3/h5-10H,1-4H3/b6-5+. The van der Waals surface area contributed by atoms with E-state index >= 15 is 0 Å². The first kappa shape index (κ1) is 10.0. The minimum Gasteiger partial charge on any atom is -0.0871 e. The van der Waals surface area contributed by atoms with Gasteiger partial charge in [-0.15, -0.1) is 0 Å². The maximum absolute atomic E-state index is 2.25. The highest BCUT2D eigenvalue weighted by Crippen LogP contribution is 2.21. The van der Waals surface area contributed by atoms with Crippen LogP contribution in [0.1, 0.15) is 43.4 Å². The zero-order valence-corrected chi connectivity index (χ0v) is 8.96. The molecule has 0 saturated carbocycles. The molecule has 0 radical (unpaired) electrons. The van der Waals surface area contributed by atoms with Crippen molar-refractivity contribution in [1.29, 1.82) is 0 Å². The van der Waals surface area contributed by atoms with Crippen LogP contribution in [0.2, 0.25) is 0 Å². The van der Waals surface area contributed by atoms with Gasteiger partial charge in [-0.25, -0.2) is 0 Å². The smallest absolute Gasteiger partial charge is 0.0213 e. The Morgan fingerprint density at radius 2 is 1.92 bits per heavy atom. The molecule has 1 rings (SSSR count). The van der Waals surface area contributed by atoms with Gasteiger partial charge in [-0.1, -0.05) is 49.8 Å². The number of aryl methyl sites for hydroxylation is 1. The molecule has 0 aliphatic heterocycles. The molecule has 0 amide bonds. The van der Waals surface area contributed by atoms with Gasteiger partial charge in [0, 0.05) is 0 Å². The fourth-order valence-electron chi connectivity index (χ4n) is 1.54. The summed E-state index contributed by atoms with van der Waals surface area (Å²) < 4.78 is 0. The first-order valence-electron chi connectivity index (χ1n) is 4.88. The summed E-state index contributed by atoms with van der Waals surface area (Å²) in [6, 6.07) is 6.66. The quantitative estimate of drug-likeness (QED) is 0.631.